The fraction of sp³-hybridized carbons (Fsp3) is 0.515. The number of aromatic nitrogens is 2. The van der Waals surface area contributed by atoms with Gasteiger partial charge in [-0.1, -0.05) is 24.3 Å². The van der Waals surface area contributed by atoms with Crippen LogP contribution in [-0.4, -0.2) is 91.5 Å². The van der Waals surface area contributed by atoms with Crippen LogP contribution < -0.4 is 15.0 Å². The number of rotatable bonds is 6. The highest BCUT2D eigenvalue weighted by Gasteiger charge is 2.50. The topological polar surface area (TPSA) is 100 Å². The van der Waals surface area contributed by atoms with E-state index in [2.05, 4.69) is 15.1 Å². The zero-order valence-corrected chi connectivity index (χ0v) is 25.4. The molecule has 2 N–H and O–H groups in total. The first kappa shape index (κ1) is 27.2. The maximum Gasteiger partial charge on any atom is 0.319 e. The summed E-state index contributed by atoms with van der Waals surface area (Å²) in [5.41, 5.74) is 1.89. The van der Waals surface area contributed by atoms with E-state index in [4.69, 9.17) is 14.7 Å². The van der Waals surface area contributed by atoms with Crippen molar-refractivity contribution in [3.63, 3.8) is 0 Å². The molecule has 3 aromatic rings. The highest BCUT2D eigenvalue weighted by Crippen LogP contribution is 2.48. The lowest BCUT2D eigenvalue weighted by Gasteiger charge is -2.37. The Bertz CT molecular complexity index is 1660. The summed E-state index contributed by atoms with van der Waals surface area (Å²) in [6.07, 6.45) is 7.74. The van der Waals surface area contributed by atoms with Crippen molar-refractivity contribution in [1.29, 1.82) is 0 Å². The largest absolute Gasteiger partial charge is 0.588 e. The van der Waals surface area contributed by atoms with Crippen LogP contribution in [0.2, 0.25) is 0 Å². The van der Waals surface area contributed by atoms with Crippen molar-refractivity contribution in [3.8, 4) is 11.8 Å². The molecule has 44 heavy (non-hydrogen) atoms. The van der Waals surface area contributed by atoms with Gasteiger partial charge in [0.1, 0.15) is 35.6 Å². The lowest BCUT2D eigenvalue weighted by molar-refractivity contribution is 0.107. The van der Waals surface area contributed by atoms with E-state index in [1.807, 2.05) is 34.6 Å². The number of nitrogens with zero attached hydrogens (tertiary/aromatic N) is 5. The maximum atomic E-state index is 14.7. The van der Waals surface area contributed by atoms with Crippen molar-refractivity contribution < 1.29 is 18.8 Å². The average Bonchev–Trinajstić information content (AvgIpc) is 3.59. The van der Waals surface area contributed by atoms with Crippen molar-refractivity contribution >= 4 is 39.7 Å². The Morgan fingerprint density at radius 3 is 2.73 bits per heavy atom. The molecule has 1 aliphatic carbocycles. The Morgan fingerprint density at radius 2 is 1.91 bits per heavy atom. The summed E-state index contributed by atoms with van der Waals surface area (Å²) < 4.78 is 37.7. The first-order chi connectivity index (χ1) is 21.4. The molecule has 230 valence electrons. The van der Waals surface area contributed by atoms with E-state index in [1.54, 1.807) is 12.1 Å². The number of phenols is 1. The lowest BCUT2D eigenvalue weighted by Crippen LogP contribution is -2.52. The summed E-state index contributed by atoms with van der Waals surface area (Å²) in [5.74, 6) is 0.845. The second-order valence-electron chi connectivity index (χ2n) is 13.5. The Hall–Kier alpha value is -3.12. The molecule has 0 amide bonds. The van der Waals surface area contributed by atoms with Gasteiger partial charge in [-0.05, 0) is 74.1 Å². The number of halogens is 1. The molecule has 6 aliphatic rings. The molecule has 9 rings (SSSR count). The molecule has 0 radical (unpaired) electrons. The monoisotopic (exact) mass is 616 g/mol. The summed E-state index contributed by atoms with van der Waals surface area (Å²) in [6.45, 7) is 3.26. The number of ether oxygens (including phenoxy) is 1. The number of phenolic OH excluding ortho intramolecular Hbond substituents is 1. The van der Waals surface area contributed by atoms with Crippen LogP contribution in [0.3, 0.4) is 0 Å². The summed E-state index contributed by atoms with van der Waals surface area (Å²) in [6, 6.07) is 12.6. The van der Waals surface area contributed by atoms with Crippen molar-refractivity contribution in [2.75, 3.05) is 37.7 Å². The third-order valence-corrected chi connectivity index (χ3v) is 12.1. The van der Waals surface area contributed by atoms with E-state index in [-0.39, 0.29) is 23.3 Å². The first-order valence-electron chi connectivity index (χ1n) is 16.0. The van der Waals surface area contributed by atoms with Gasteiger partial charge in [-0.2, -0.15) is 14.3 Å². The molecular weight excluding hydrogens is 579 g/mol. The average molecular weight is 617 g/mol. The smallest absolute Gasteiger partial charge is 0.319 e. The Kier molecular flexibility index (Phi) is 6.31. The van der Waals surface area contributed by atoms with Gasteiger partial charge in [-0.25, -0.2) is 4.39 Å². The Labute approximate surface area is 259 Å². The third-order valence-electron chi connectivity index (χ3n) is 10.5. The molecule has 6 heterocycles. The van der Waals surface area contributed by atoms with Gasteiger partial charge in [0, 0.05) is 43.7 Å². The van der Waals surface area contributed by atoms with E-state index < -0.39 is 17.5 Å². The molecule has 3 unspecified atom stereocenters. The molecule has 9 nitrogen and oxygen atoms in total. The van der Waals surface area contributed by atoms with Crippen LogP contribution >= 0.6 is 0 Å². The fourth-order valence-electron chi connectivity index (χ4n) is 8.32. The predicted octanol–water partition coefficient (Wildman–Crippen LogP) is 4.23. The minimum atomic E-state index is -1.56. The van der Waals surface area contributed by atoms with Gasteiger partial charge in [0.25, 0.3) is 0 Å². The molecule has 1 aromatic heterocycles. The quantitative estimate of drug-likeness (QED) is 0.394. The molecule has 1 saturated carbocycles. The zero-order valence-electron chi connectivity index (χ0n) is 24.6. The Balaban J connectivity index is 1.17. The zero-order chi connectivity index (χ0) is 29.6. The summed E-state index contributed by atoms with van der Waals surface area (Å²) in [4.78, 5) is 15.0. The van der Waals surface area contributed by atoms with Crippen LogP contribution in [0.15, 0.2) is 41.3 Å². The van der Waals surface area contributed by atoms with Crippen LogP contribution in [0, 0.1) is 0 Å². The second kappa shape index (κ2) is 10.2. The summed E-state index contributed by atoms with van der Waals surface area (Å²) in [7, 11) is 0. The number of alkyl halides is 1. The van der Waals surface area contributed by atoms with Crippen LogP contribution in [0.1, 0.15) is 56.2 Å². The molecule has 5 atom stereocenters. The molecule has 2 aromatic carbocycles. The Morgan fingerprint density at radius 1 is 1.09 bits per heavy atom. The number of fused-ring (bicyclic) bond motifs is 5. The van der Waals surface area contributed by atoms with Crippen molar-refractivity contribution in [3.05, 3.63) is 47.7 Å². The van der Waals surface area contributed by atoms with Gasteiger partial charge < -0.3 is 24.6 Å². The lowest BCUT2D eigenvalue weighted by atomic mass is 9.95. The molecule has 5 aliphatic heterocycles. The van der Waals surface area contributed by atoms with Gasteiger partial charge in [0.15, 0.2) is 5.82 Å². The molecule has 11 heteroatoms. The predicted molar refractivity (Wildman–Crippen MR) is 167 cm³/mol. The van der Waals surface area contributed by atoms with Crippen LogP contribution in [0.5, 0.6) is 11.8 Å². The van der Waals surface area contributed by atoms with Gasteiger partial charge in [0.2, 0.25) is 4.90 Å². The third kappa shape index (κ3) is 4.46. The van der Waals surface area contributed by atoms with Crippen LogP contribution in [-0.2, 0) is 11.4 Å². The van der Waals surface area contributed by atoms with Crippen molar-refractivity contribution in [2.24, 2.45) is 0 Å². The van der Waals surface area contributed by atoms with Crippen LogP contribution in [0.25, 0.3) is 22.5 Å². The molecule has 5 fully saturated rings. The number of nitrogens with one attached hydrogen (secondary N) is 1. The number of hydrogen-bond donors (Lipinski definition) is 2. The number of aromatic hydroxyl groups is 1. The van der Waals surface area contributed by atoms with Crippen molar-refractivity contribution in [1.82, 2.24) is 24.5 Å². The van der Waals surface area contributed by atoms with Gasteiger partial charge in [0.05, 0.1) is 17.3 Å². The number of hydrogen-bond acceptors (Lipinski definition) is 9. The van der Waals surface area contributed by atoms with E-state index in [0.717, 1.165) is 80.2 Å². The molecule has 4 saturated heterocycles. The van der Waals surface area contributed by atoms with E-state index >= 15 is 0 Å². The minimum absolute atomic E-state index is 0.141. The fourth-order valence-corrected chi connectivity index (χ4v) is 9.94. The highest BCUT2D eigenvalue weighted by atomic mass is 32.2. The standard InChI is InChI=1S/C33H37FN6O3S/c34-21-15-33(10-3-11-39(33)16-21)19-43-32-36-28-14-29(27-13-25(41)12-20-4-1-2-5-26(20)27)40(24-8-9-24)44(42)30(28)31(37-32)38-17-22-6-7-23(18-38)35-22/h1-2,4-5,12-14,21-24,35,41H,3,6-11,15-19H2/t21-,22?,23?,33+,44?/m1/s1. The maximum absolute atomic E-state index is 14.7. The summed E-state index contributed by atoms with van der Waals surface area (Å²) >= 11 is -1.56. The van der Waals surface area contributed by atoms with Gasteiger partial charge in [-0.15, -0.1) is 0 Å². The minimum Gasteiger partial charge on any atom is -0.588 e. The SMILES string of the molecule is [O-][S+]1c2c(nc(OC[C@@]34CCCN3C[C@H](F)C4)nc2N2CC3CCC(C2)N3)C=C(c2cc(O)cc3ccccc23)N1C1CC1. The molecule has 2 bridgehead atoms. The number of benzene rings is 2. The first-order valence-corrected chi connectivity index (χ1v) is 17.1. The van der Waals surface area contributed by atoms with E-state index in [1.165, 1.54) is 0 Å². The van der Waals surface area contributed by atoms with Gasteiger partial charge in [-0.3, -0.25) is 4.90 Å². The van der Waals surface area contributed by atoms with Crippen molar-refractivity contribution in [2.45, 2.75) is 79.7 Å². The van der Waals surface area contributed by atoms with Gasteiger partial charge >= 0.3 is 6.01 Å². The number of anilines is 1. The van der Waals surface area contributed by atoms with Crippen LogP contribution in [0.4, 0.5) is 10.2 Å². The van der Waals surface area contributed by atoms with E-state index in [9.17, 15) is 14.0 Å². The second-order valence-corrected chi connectivity index (χ2v) is 14.8. The summed E-state index contributed by atoms with van der Waals surface area (Å²) in [5, 5.41) is 16.3. The molecule has 0 spiro atoms. The normalized spacial score (nSPS) is 31.4. The van der Waals surface area contributed by atoms with E-state index in [0.29, 0.717) is 48.1 Å². The number of piperazine rings is 1. The highest BCUT2D eigenvalue weighted by molar-refractivity contribution is 7.89. The molecular formula is C33H37FN6O3S.